The van der Waals surface area contributed by atoms with E-state index in [0.717, 1.165) is 15.6 Å². The van der Waals surface area contributed by atoms with Gasteiger partial charge in [0.05, 0.1) is 6.61 Å². The highest BCUT2D eigenvalue weighted by Gasteiger charge is 2.12. The maximum absolute atomic E-state index is 5.45. The van der Waals surface area contributed by atoms with E-state index < -0.39 is 0 Å². The van der Waals surface area contributed by atoms with Crippen LogP contribution < -0.4 is 4.74 Å². The molecule has 0 aliphatic heterocycles. The van der Waals surface area contributed by atoms with E-state index in [1.807, 2.05) is 25.1 Å². The third kappa shape index (κ3) is 1.32. The highest BCUT2D eigenvalue weighted by atomic mass is 32.1. The van der Waals surface area contributed by atoms with Crippen LogP contribution in [-0.2, 0) is 0 Å². The second-order valence-electron chi connectivity index (χ2n) is 3.30. The van der Waals surface area contributed by atoms with E-state index in [4.69, 9.17) is 4.74 Å². The molecular formula is C11H9N3OS. The number of aromatic nitrogens is 3. The van der Waals surface area contributed by atoms with Crippen LogP contribution in [0, 0.1) is 0 Å². The van der Waals surface area contributed by atoms with Crippen LogP contribution in [0.2, 0.25) is 0 Å². The summed E-state index contributed by atoms with van der Waals surface area (Å²) >= 11 is 1.64. The average Bonchev–Trinajstić information content (AvgIpc) is 2.69. The van der Waals surface area contributed by atoms with Crippen LogP contribution in [0.25, 0.3) is 20.3 Å². The second-order valence-corrected chi connectivity index (χ2v) is 4.36. The summed E-state index contributed by atoms with van der Waals surface area (Å²) in [5, 5.41) is 12.8. The molecule has 3 aromatic rings. The second kappa shape index (κ2) is 3.68. The van der Waals surface area contributed by atoms with E-state index in [1.54, 1.807) is 11.3 Å². The predicted molar refractivity (Wildman–Crippen MR) is 63.9 cm³/mol. The normalized spacial score (nSPS) is 11.1. The molecule has 3 rings (SSSR count). The zero-order valence-corrected chi connectivity index (χ0v) is 9.49. The number of hydrogen-bond donors (Lipinski definition) is 0. The van der Waals surface area contributed by atoms with Crippen LogP contribution in [0.4, 0.5) is 0 Å². The highest BCUT2D eigenvalue weighted by Crippen LogP contribution is 2.35. The van der Waals surface area contributed by atoms with Crippen LogP contribution in [0.1, 0.15) is 6.92 Å². The number of nitrogens with zero attached hydrogens (tertiary/aromatic N) is 3. The van der Waals surface area contributed by atoms with Gasteiger partial charge in [0.1, 0.15) is 10.2 Å². The number of rotatable bonds is 2. The summed E-state index contributed by atoms with van der Waals surface area (Å²) < 4.78 is 7.60. The third-order valence-corrected chi connectivity index (χ3v) is 3.47. The monoisotopic (exact) mass is 231 g/mol. The maximum Gasteiger partial charge on any atom is 0.255 e. The van der Waals surface area contributed by atoms with Crippen LogP contribution in [0.3, 0.4) is 0 Å². The van der Waals surface area contributed by atoms with Crippen molar-refractivity contribution < 1.29 is 4.74 Å². The van der Waals surface area contributed by atoms with Gasteiger partial charge in [0, 0.05) is 10.1 Å². The molecule has 0 amide bonds. The minimum absolute atomic E-state index is 0.577. The first-order valence-corrected chi connectivity index (χ1v) is 5.85. The van der Waals surface area contributed by atoms with E-state index >= 15 is 0 Å². The molecule has 0 aliphatic rings. The molecule has 0 radical (unpaired) electrons. The van der Waals surface area contributed by atoms with Gasteiger partial charge >= 0.3 is 0 Å². The van der Waals surface area contributed by atoms with Gasteiger partial charge < -0.3 is 4.74 Å². The first-order valence-electron chi connectivity index (χ1n) is 5.03. The van der Waals surface area contributed by atoms with Crippen LogP contribution in [0.15, 0.2) is 24.3 Å². The zero-order chi connectivity index (χ0) is 11.0. The first kappa shape index (κ1) is 9.47. The summed E-state index contributed by atoms with van der Waals surface area (Å²) in [4.78, 5) is 0. The Kier molecular flexibility index (Phi) is 2.18. The van der Waals surface area contributed by atoms with Crippen molar-refractivity contribution >= 4 is 31.6 Å². The van der Waals surface area contributed by atoms with Gasteiger partial charge in [-0.1, -0.05) is 23.3 Å². The van der Waals surface area contributed by atoms with Gasteiger partial charge in [-0.25, -0.2) is 0 Å². The summed E-state index contributed by atoms with van der Waals surface area (Å²) in [5.41, 5.74) is 0.874. The van der Waals surface area contributed by atoms with E-state index in [0.29, 0.717) is 12.5 Å². The molecule has 4 nitrogen and oxygen atoms in total. The van der Waals surface area contributed by atoms with Gasteiger partial charge in [0.2, 0.25) is 0 Å². The molecule has 0 N–H and O–H groups in total. The Hall–Kier alpha value is -1.75. The minimum Gasteiger partial charge on any atom is -0.476 e. The number of ether oxygens (including phenoxy) is 1. The Bertz CT molecular complexity index is 650. The number of thiophene rings is 1. The summed E-state index contributed by atoms with van der Waals surface area (Å²) in [6.07, 6.45) is 0. The predicted octanol–water partition coefficient (Wildman–Crippen LogP) is 2.64. The van der Waals surface area contributed by atoms with E-state index in [2.05, 4.69) is 21.5 Å². The molecule has 0 spiro atoms. The maximum atomic E-state index is 5.45. The van der Waals surface area contributed by atoms with Crippen molar-refractivity contribution in [2.75, 3.05) is 6.61 Å². The van der Waals surface area contributed by atoms with E-state index in [9.17, 15) is 0 Å². The van der Waals surface area contributed by atoms with Gasteiger partial charge in [0.15, 0.2) is 0 Å². The summed E-state index contributed by atoms with van der Waals surface area (Å²) in [5.74, 6) is 0.577. The molecule has 0 bridgehead atoms. The molecule has 16 heavy (non-hydrogen) atoms. The minimum atomic E-state index is 0.577. The molecule has 0 atom stereocenters. The molecule has 0 unspecified atom stereocenters. The Labute approximate surface area is 95.9 Å². The van der Waals surface area contributed by atoms with Crippen molar-refractivity contribution in [3.8, 4) is 5.88 Å². The molecule has 5 heteroatoms. The standard InChI is InChI=1S/C11H9N3OS/c1-2-15-11-10-9(12-14-13-11)7-5-3-4-6-8(7)16-10/h3-6H,2H2,1H3. The van der Waals surface area contributed by atoms with Crippen molar-refractivity contribution in [2.45, 2.75) is 6.92 Å². The van der Waals surface area contributed by atoms with Gasteiger partial charge in [-0.05, 0) is 18.2 Å². The smallest absolute Gasteiger partial charge is 0.255 e. The molecule has 2 heterocycles. The van der Waals surface area contributed by atoms with Gasteiger partial charge in [-0.3, -0.25) is 0 Å². The molecule has 1 aromatic carbocycles. The van der Waals surface area contributed by atoms with Gasteiger partial charge in [0.25, 0.3) is 5.88 Å². The van der Waals surface area contributed by atoms with Gasteiger partial charge in [-0.2, -0.15) is 0 Å². The lowest BCUT2D eigenvalue weighted by Crippen LogP contribution is -1.97. The quantitative estimate of drug-likeness (QED) is 0.680. The summed E-state index contributed by atoms with van der Waals surface area (Å²) in [6, 6.07) is 8.12. The van der Waals surface area contributed by atoms with Crippen LogP contribution in [-0.4, -0.2) is 22.0 Å². The first-order chi connectivity index (χ1) is 7.90. The molecule has 2 aromatic heterocycles. The Morgan fingerprint density at radius 1 is 1.25 bits per heavy atom. The third-order valence-electron chi connectivity index (χ3n) is 2.32. The van der Waals surface area contributed by atoms with Crippen LogP contribution in [0.5, 0.6) is 5.88 Å². The van der Waals surface area contributed by atoms with Crippen molar-refractivity contribution in [1.82, 2.24) is 15.4 Å². The Balaban J connectivity index is 2.39. The van der Waals surface area contributed by atoms with E-state index in [1.165, 1.54) is 4.70 Å². The fourth-order valence-electron chi connectivity index (χ4n) is 1.66. The highest BCUT2D eigenvalue weighted by molar-refractivity contribution is 7.26. The van der Waals surface area contributed by atoms with Crippen molar-refractivity contribution in [3.05, 3.63) is 24.3 Å². The number of hydrogen-bond acceptors (Lipinski definition) is 5. The molecule has 0 fully saturated rings. The summed E-state index contributed by atoms with van der Waals surface area (Å²) in [7, 11) is 0. The average molecular weight is 231 g/mol. The molecule has 0 aliphatic carbocycles. The van der Waals surface area contributed by atoms with Crippen LogP contribution >= 0.6 is 11.3 Å². The number of benzene rings is 1. The van der Waals surface area contributed by atoms with Crippen molar-refractivity contribution in [1.29, 1.82) is 0 Å². The fraction of sp³-hybridized carbons (Fsp3) is 0.182. The fourth-order valence-corrected chi connectivity index (χ4v) is 2.74. The SMILES string of the molecule is CCOc1nnnc2c1sc1ccccc12. The lowest BCUT2D eigenvalue weighted by molar-refractivity contribution is 0.326. The molecule has 0 saturated heterocycles. The van der Waals surface area contributed by atoms with Gasteiger partial charge in [-0.15, -0.1) is 16.4 Å². The summed E-state index contributed by atoms with van der Waals surface area (Å²) in [6.45, 7) is 2.52. The largest absolute Gasteiger partial charge is 0.476 e. The lowest BCUT2D eigenvalue weighted by Gasteiger charge is -1.99. The van der Waals surface area contributed by atoms with Crippen molar-refractivity contribution in [2.24, 2.45) is 0 Å². The zero-order valence-electron chi connectivity index (χ0n) is 8.67. The molecule has 0 saturated carbocycles. The van der Waals surface area contributed by atoms with Crippen molar-refractivity contribution in [3.63, 3.8) is 0 Å². The lowest BCUT2D eigenvalue weighted by atomic mass is 10.2. The van der Waals surface area contributed by atoms with E-state index in [-0.39, 0.29) is 0 Å². The number of fused-ring (bicyclic) bond motifs is 3. The molecular weight excluding hydrogens is 222 g/mol. The Morgan fingerprint density at radius 2 is 2.12 bits per heavy atom. The topological polar surface area (TPSA) is 47.9 Å². The molecule has 80 valence electrons. The Morgan fingerprint density at radius 3 is 3.00 bits per heavy atom.